The Hall–Kier alpha value is -1.37. The summed E-state index contributed by atoms with van der Waals surface area (Å²) < 4.78 is 19.8. The van der Waals surface area contributed by atoms with Gasteiger partial charge in [-0.25, -0.2) is 0 Å². The molecule has 1 aliphatic carbocycles. The Bertz CT molecular complexity index is 1240. The van der Waals surface area contributed by atoms with Crippen molar-refractivity contribution in [3.05, 3.63) is 71.7 Å². The zero-order valence-electron chi connectivity index (χ0n) is 27.9. The molecule has 0 saturated heterocycles. The fraction of sp³-hybridized carbons (Fsp3) is 0.595. The standard InChI is InChI=1S/C25H30NO2Si.3C4H9.Sn/c1-25(2,3)29(4,5)28-23(24-26-13-14-27-24)22-16-20-12-11-19(15-21(20)17-22)18-9-7-6-8-10-18;3*1-3-4-2;/h6-13,15,22-23H,16-17H2,1-5H3;3*1,3-4H2,2H3;. The van der Waals surface area contributed by atoms with Crippen molar-refractivity contribution in [3.8, 4) is 11.1 Å². The molecule has 2 unspecified atom stereocenters. The van der Waals surface area contributed by atoms with E-state index in [4.69, 9.17) is 13.8 Å². The average Bonchev–Trinajstić information content (AvgIpc) is 3.63. The fourth-order valence-corrected chi connectivity index (χ4v) is 22.7. The second kappa shape index (κ2) is 14.6. The van der Waals surface area contributed by atoms with Crippen LogP contribution in [0.1, 0.15) is 103 Å². The van der Waals surface area contributed by atoms with Crippen LogP contribution in [0.3, 0.4) is 0 Å². The molecule has 0 radical (unpaired) electrons. The number of aromatic nitrogens is 1. The van der Waals surface area contributed by atoms with E-state index in [9.17, 15) is 0 Å². The van der Waals surface area contributed by atoms with Crippen molar-refractivity contribution in [1.29, 1.82) is 0 Å². The molecule has 1 heterocycles. The van der Waals surface area contributed by atoms with Gasteiger partial charge in [-0.2, -0.15) is 0 Å². The maximum absolute atomic E-state index is 7.29. The van der Waals surface area contributed by atoms with Gasteiger partial charge in [0.25, 0.3) is 0 Å². The van der Waals surface area contributed by atoms with Gasteiger partial charge < -0.3 is 0 Å². The van der Waals surface area contributed by atoms with E-state index in [-0.39, 0.29) is 11.1 Å². The molecular weight excluding hydrogens is 637 g/mol. The second-order valence-corrected chi connectivity index (χ2v) is 32.2. The van der Waals surface area contributed by atoms with Gasteiger partial charge in [-0.1, -0.05) is 6.07 Å². The number of oxazole rings is 1. The van der Waals surface area contributed by atoms with Crippen LogP contribution in [-0.4, -0.2) is 31.7 Å². The Morgan fingerprint density at radius 3 is 2.02 bits per heavy atom. The average molecular weight is 695 g/mol. The molecule has 5 heteroatoms. The van der Waals surface area contributed by atoms with Gasteiger partial charge in [0.15, 0.2) is 0 Å². The Kier molecular flexibility index (Phi) is 11.7. The Balaban J connectivity index is 1.69. The zero-order valence-corrected chi connectivity index (χ0v) is 31.7. The summed E-state index contributed by atoms with van der Waals surface area (Å²) >= 11 is -2.73. The molecule has 0 spiro atoms. The molecule has 0 amide bonds. The van der Waals surface area contributed by atoms with Crippen molar-refractivity contribution in [2.45, 2.75) is 130 Å². The predicted molar refractivity (Wildman–Crippen MR) is 185 cm³/mol. The summed E-state index contributed by atoms with van der Waals surface area (Å²) in [6.07, 6.45) is 11.9. The van der Waals surface area contributed by atoms with E-state index in [1.807, 2.05) is 0 Å². The monoisotopic (exact) mass is 695 g/mol. The molecule has 1 aromatic heterocycles. The van der Waals surface area contributed by atoms with Crippen LogP contribution in [-0.2, 0) is 17.3 Å². The van der Waals surface area contributed by atoms with E-state index in [0.717, 1.165) is 18.7 Å². The van der Waals surface area contributed by atoms with E-state index in [1.165, 1.54) is 77.9 Å². The fourth-order valence-electron chi connectivity index (χ4n) is 6.47. The first kappa shape index (κ1) is 33.5. The summed E-state index contributed by atoms with van der Waals surface area (Å²) in [6.45, 7) is 18.8. The van der Waals surface area contributed by atoms with Gasteiger partial charge in [0, 0.05) is 0 Å². The van der Waals surface area contributed by atoms with Crippen LogP contribution in [0, 0.1) is 5.92 Å². The Morgan fingerprint density at radius 2 is 1.45 bits per heavy atom. The molecule has 0 fully saturated rings. The number of benzene rings is 2. The van der Waals surface area contributed by atoms with Crippen LogP contribution in [0.4, 0.5) is 0 Å². The third-order valence-corrected chi connectivity index (χ3v) is 29.6. The first-order valence-corrected chi connectivity index (χ1v) is 27.2. The summed E-state index contributed by atoms with van der Waals surface area (Å²) in [6, 6.07) is 17.8. The Morgan fingerprint density at radius 1 is 0.857 bits per heavy atom. The summed E-state index contributed by atoms with van der Waals surface area (Å²) in [5, 5.41) is 0.124. The molecule has 3 aromatic rings. The summed E-state index contributed by atoms with van der Waals surface area (Å²) in [5.74, 6) is 1.21. The molecule has 0 N–H and O–H groups in total. The number of rotatable bonds is 15. The van der Waals surface area contributed by atoms with Crippen molar-refractivity contribution in [2.24, 2.45) is 5.92 Å². The molecule has 2 aromatic carbocycles. The van der Waals surface area contributed by atoms with Crippen LogP contribution >= 0.6 is 0 Å². The molecule has 2 atom stereocenters. The molecule has 1 aliphatic rings. The van der Waals surface area contributed by atoms with Gasteiger partial charge in [0.1, 0.15) is 0 Å². The number of hydrogen-bond acceptors (Lipinski definition) is 3. The molecule has 0 aliphatic heterocycles. The second-order valence-electron chi connectivity index (χ2n) is 14.5. The number of hydrogen-bond donors (Lipinski definition) is 0. The van der Waals surface area contributed by atoms with E-state index < -0.39 is 26.7 Å². The normalized spacial score (nSPS) is 16.5. The molecule has 4 rings (SSSR count). The molecule has 3 nitrogen and oxygen atoms in total. The summed E-state index contributed by atoms with van der Waals surface area (Å²) in [4.78, 5) is 5.13. The first-order valence-electron chi connectivity index (χ1n) is 16.8. The van der Waals surface area contributed by atoms with Crippen molar-refractivity contribution < 1.29 is 8.84 Å². The van der Waals surface area contributed by atoms with Crippen LogP contribution < -0.4 is 3.78 Å². The van der Waals surface area contributed by atoms with Gasteiger partial charge in [-0.15, -0.1) is 0 Å². The SMILES string of the molecule is CCC[CH2][Sn]([CH2]CCC)([CH2]CCC)[c]1cnc(C(O[Si](C)(C)C(C)(C)C)C2Cc3ccc(-c4ccccc4)cc3C2)o1. The molecule has 42 heavy (non-hydrogen) atoms. The zero-order chi connectivity index (χ0) is 30.4. The van der Waals surface area contributed by atoms with E-state index in [0.29, 0.717) is 5.92 Å². The van der Waals surface area contributed by atoms with Crippen LogP contribution in [0.2, 0.25) is 31.4 Å². The summed E-state index contributed by atoms with van der Waals surface area (Å²) in [7, 11) is -2.07. The van der Waals surface area contributed by atoms with Crippen molar-refractivity contribution in [3.63, 3.8) is 0 Å². The van der Waals surface area contributed by atoms with Gasteiger partial charge in [-0.3, -0.25) is 0 Å². The number of nitrogens with zero attached hydrogens (tertiary/aromatic N) is 1. The Labute approximate surface area is 262 Å². The minimum atomic E-state index is -2.73. The molecule has 230 valence electrons. The van der Waals surface area contributed by atoms with Crippen molar-refractivity contribution in [1.82, 2.24) is 4.98 Å². The van der Waals surface area contributed by atoms with Gasteiger partial charge in [0.05, 0.1) is 0 Å². The van der Waals surface area contributed by atoms with Gasteiger partial charge in [0.2, 0.25) is 0 Å². The quantitative estimate of drug-likeness (QED) is 0.149. The summed E-state index contributed by atoms with van der Waals surface area (Å²) in [5.41, 5.74) is 5.50. The van der Waals surface area contributed by atoms with Crippen molar-refractivity contribution >= 4 is 30.5 Å². The van der Waals surface area contributed by atoms with Crippen LogP contribution in [0.5, 0.6) is 0 Å². The van der Waals surface area contributed by atoms with Gasteiger partial charge >= 0.3 is 257 Å². The molecule has 0 saturated carbocycles. The predicted octanol–water partition coefficient (Wildman–Crippen LogP) is 10.9. The number of fused-ring (bicyclic) bond motifs is 1. The van der Waals surface area contributed by atoms with E-state index >= 15 is 0 Å². The third-order valence-electron chi connectivity index (χ3n) is 10.2. The molecular formula is C37H57NO2SiSn. The van der Waals surface area contributed by atoms with Crippen molar-refractivity contribution in [2.75, 3.05) is 0 Å². The number of unbranched alkanes of at least 4 members (excludes halogenated alkanes) is 3. The van der Waals surface area contributed by atoms with Gasteiger partial charge in [-0.05, 0) is 0 Å². The molecule has 0 bridgehead atoms. The van der Waals surface area contributed by atoms with E-state index in [1.54, 1.807) is 0 Å². The maximum atomic E-state index is 7.29. The van der Waals surface area contributed by atoms with E-state index in [2.05, 4.69) is 109 Å². The van der Waals surface area contributed by atoms with Crippen LogP contribution in [0.25, 0.3) is 11.1 Å². The first-order chi connectivity index (χ1) is 20.0. The minimum absolute atomic E-state index is 0.0975. The topological polar surface area (TPSA) is 35.3 Å². The third kappa shape index (κ3) is 7.82. The van der Waals surface area contributed by atoms with Crippen LogP contribution in [0.15, 0.2) is 59.1 Å².